The number of ketones is 1. The van der Waals surface area contributed by atoms with Crippen LogP contribution >= 0.6 is 0 Å². The summed E-state index contributed by atoms with van der Waals surface area (Å²) in [5.74, 6) is 0.518. The minimum atomic E-state index is -0.317. The Balaban J connectivity index is 2.37. The Bertz CT molecular complexity index is 409. The molecule has 0 saturated heterocycles. The third-order valence-corrected chi connectivity index (χ3v) is 2.55. The van der Waals surface area contributed by atoms with Crippen LogP contribution in [0.15, 0.2) is 24.3 Å². The summed E-state index contributed by atoms with van der Waals surface area (Å²) in [5, 5.41) is 0. The Morgan fingerprint density at radius 1 is 1.00 bits per heavy atom. The molecule has 0 bridgehead atoms. The molecular formula is C15H20O4. The van der Waals surface area contributed by atoms with Crippen molar-refractivity contribution in [1.82, 2.24) is 0 Å². The van der Waals surface area contributed by atoms with Gasteiger partial charge in [-0.15, -0.1) is 0 Å². The lowest BCUT2D eigenvalue weighted by Gasteiger charge is -2.05. The van der Waals surface area contributed by atoms with Crippen LogP contribution in [0.2, 0.25) is 0 Å². The van der Waals surface area contributed by atoms with E-state index in [1.54, 1.807) is 6.92 Å². The van der Waals surface area contributed by atoms with Crippen LogP contribution in [-0.4, -0.2) is 25.0 Å². The standard InChI is InChI=1S/C15H20O4/c1-3-18-14-8-5-12(6-9-14)11-13(16)7-10-15(17)19-4-2/h5-6,8-9H,3-4,7,10-11H2,1-2H3. The van der Waals surface area contributed by atoms with Gasteiger partial charge in [-0.3, -0.25) is 9.59 Å². The molecule has 0 unspecified atom stereocenters. The van der Waals surface area contributed by atoms with Crippen LogP contribution in [0.5, 0.6) is 5.75 Å². The van der Waals surface area contributed by atoms with Crippen molar-refractivity contribution in [3.8, 4) is 5.75 Å². The maximum Gasteiger partial charge on any atom is 0.306 e. The van der Waals surface area contributed by atoms with E-state index in [2.05, 4.69) is 0 Å². The third-order valence-electron chi connectivity index (χ3n) is 2.55. The van der Waals surface area contributed by atoms with Gasteiger partial charge in [-0.25, -0.2) is 0 Å². The van der Waals surface area contributed by atoms with Crippen LogP contribution in [0.3, 0.4) is 0 Å². The summed E-state index contributed by atoms with van der Waals surface area (Å²) >= 11 is 0. The number of hydrogen-bond acceptors (Lipinski definition) is 4. The molecule has 4 nitrogen and oxygen atoms in total. The zero-order valence-corrected chi connectivity index (χ0v) is 11.5. The molecule has 0 aliphatic rings. The molecule has 0 heterocycles. The topological polar surface area (TPSA) is 52.6 Å². The third kappa shape index (κ3) is 6.04. The Kier molecular flexibility index (Phi) is 6.64. The largest absolute Gasteiger partial charge is 0.494 e. The lowest BCUT2D eigenvalue weighted by atomic mass is 10.1. The maximum atomic E-state index is 11.7. The number of carbonyl (C=O) groups is 2. The first-order valence-corrected chi connectivity index (χ1v) is 6.54. The van der Waals surface area contributed by atoms with E-state index in [1.165, 1.54) is 0 Å². The highest BCUT2D eigenvalue weighted by atomic mass is 16.5. The molecule has 0 N–H and O–H groups in total. The van der Waals surface area contributed by atoms with Crippen molar-refractivity contribution in [2.45, 2.75) is 33.1 Å². The van der Waals surface area contributed by atoms with Gasteiger partial charge in [0.15, 0.2) is 0 Å². The van der Waals surface area contributed by atoms with E-state index >= 15 is 0 Å². The Morgan fingerprint density at radius 2 is 1.68 bits per heavy atom. The molecular weight excluding hydrogens is 244 g/mol. The highest BCUT2D eigenvalue weighted by Gasteiger charge is 2.08. The summed E-state index contributed by atoms with van der Waals surface area (Å²) in [6.45, 7) is 4.65. The summed E-state index contributed by atoms with van der Waals surface area (Å²) in [7, 11) is 0. The van der Waals surface area contributed by atoms with Crippen LogP contribution in [0.25, 0.3) is 0 Å². The highest BCUT2D eigenvalue weighted by Crippen LogP contribution is 2.13. The van der Waals surface area contributed by atoms with Crippen molar-refractivity contribution in [1.29, 1.82) is 0 Å². The van der Waals surface area contributed by atoms with Crippen molar-refractivity contribution < 1.29 is 19.1 Å². The molecule has 0 spiro atoms. The van der Waals surface area contributed by atoms with Crippen LogP contribution in [0, 0.1) is 0 Å². The number of benzene rings is 1. The van der Waals surface area contributed by atoms with Gasteiger partial charge in [-0.2, -0.15) is 0 Å². The molecule has 0 saturated carbocycles. The lowest BCUT2D eigenvalue weighted by molar-refractivity contribution is -0.144. The van der Waals surface area contributed by atoms with Gasteiger partial charge in [0.1, 0.15) is 11.5 Å². The predicted octanol–water partition coefficient (Wildman–Crippen LogP) is 2.54. The Hall–Kier alpha value is -1.84. The van der Waals surface area contributed by atoms with E-state index in [-0.39, 0.29) is 24.6 Å². The molecule has 0 radical (unpaired) electrons. The molecule has 0 amide bonds. The predicted molar refractivity (Wildman–Crippen MR) is 72.2 cm³/mol. The van der Waals surface area contributed by atoms with E-state index in [4.69, 9.17) is 9.47 Å². The summed E-state index contributed by atoms with van der Waals surface area (Å²) < 4.78 is 10.1. The summed E-state index contributed by atoms with van der Waals surface area (Å²) in [4.78, 5) is 22.8. The van der Waals surface area contributed by atoms with Gasteiger partial charge < -0.3 is 9.47 Å². The SMILES string of the molecule is CCOC(=O)CCC(=O)Cc1ccc(OCC)cc1. The van der Waals surface area contributed by atoms with Crippen LogP contribution in [-0.2, 0) is 20.7 Å². The van der Waals surface area contributed by atoms with Crippen LogP contribution in [0.1, 0.15) is 32.3 Å². The summed E-state index contributed by atoms with van der Waals surface area (Å²) in [5.41, 5.74) is 0.928. The first-order chi connectivity index (χ1) is 9.15. The van der Waals surface area contributed by atoms with Crippen molar-refractivity contribution in [2.75, 3.05) is 13.2 Å². The second-order valence-electron chi connectivity index (χ2n) is 4.10. The number of rotatable bonds is 8. The van der Waals surface area contributed by atoms with E-state index < -0.39 is 0 Å². The zero-order chi connectivity index (χ0) is 14.1. The van der Waals surface area contributed by atoms with Gasteiger partial charge in [0.2, 0.25) is 0 Å². The molecule has 1 aromatic rings. The van der Waals surface area contributed by atoms with E-state index in [0.29, 0.717) is 19.6 Å². The second kappa shape index (κ2) is 8.29. The molecule has 19 heavy (non-hydrogen) atoms. The fourth-order valence-electron chi connectivity index (χ4n) is 1.66. The number of ether oxygens (including phenoxy) is 2. The van der Waals surface area contributed by atoms with Crippen molar-refractivity contribution >= 4 is 11.8 Å². The van der Waals surface area contributed by atoms with Gasteiger partial charge >= 0.3 is 5.97 Å². The first kappa shape index (κ1) is 15.2. The minimum Gasteiger partial charge on any atom is -0.494 e. The monoisotopic (exact) mass is 264 g/mol. The van der Waals surface area contributed by atoms with Crippen LogP contribution < -0.4 is 4.74 Å². The number of carbonyl (C=O) groups excluding carboxylic acids is 2. The highest BCUT2D eigenvalue weighted by molar-refractivity contribution is 5.84. The van der Waals surface area contributed by atoms with Gasteiger partial charge in [0.05, 0.1) is 19.6 Å². The molecule has 0 aliphatic heterocycles. The van der Waals surface area contributed by atoms with Gasteiger partial charge in [0.25, 0.3) is 0 Å². The normalized spacial score (nSPS) is 10.0. The molecule has 0 atom stereocenters. The van der Waals surface area contributed by atoms with Gasteiger partial charge in [-0.05, 0) is 31.5 Å². The Labute approximate surface area is 113 Å². The van der Waals surface area contributed by atoms with E-state index in [0.717, 1.165) is 11.3 Å². The fraction of sp³-hybridized carbons (Fsp3) is 0.467. The molecule has 104 valence electrons. The minimum absolute atomic E-state index is 0.0391. The summed E-state index contributed by atoms with van der Waals surface area (Å²) in [6, 6.07) is 7.43. The maximum absolute atomic E-state index is 11.7. The molecule has 0 aliphatic carbocycles. The number of hydrogen-bond donors (Lipinski definition) is 0. The average Bonchev–Trinajstić information content (AvgIpc) is 2.39. The van der Waals surface area contributed by atoms with E-state index in [9.17, 15) is 9.59 Å². The van der Waals surface area contributed by atoms with Gasteiger partial charge in [0, 0.05) is 12.8 Å². The van der Waals surface area contributed by atoms with Gasteiger partial charge in [-0.1, -0.05) is 12.1 Å². The lowest BCUT2D eigenvalue weighted by Crippen LogP contribution is -2.09. The molecule has 1 rings (SSSR count). The average molecular weight is 264 g/mol. The van der Waals surface area contributed by atoms with Crippen LogP contribution in [0.4, 0.5) is 0 Å². The zero-order valence-electron chi connectivity index (χ0n) is 11.5. The molecule has 4 heteroatoms. The fourth-order valence-corrected chi connectivity index (χ4v) is 1.66. The molecule has 0 fully saturated rings. The molecule has 1 aromatic carbocycles. The number of esters is 1. The van der Waals surface area contributed by atoms with E-state index in [1.807, 2.05) is 31.2 Å². The Morgan fingerprint density at radius 3 is 2.26 bits per heavy atom. The van der Waals surface area contributed by atoms with Crippen molar-refractivity contribution in [2.24, 2.45) is 0 Å². The number of Topliss-reactive ketones (excluding diaryl/α,β-unsaturated/α-hetero) is 1. The quantitative estimate of drug-likeness (QED) is 0.677. The second-order valence-corrected chi connectivity index (χ2v) is 4.10. The first-order valence-electron chi connectivity index (χ1n) is 6.54. The summed E-state index contributed by atoms with van der Waals surface area (Å²) in [6.07, 6.45) is 0.724. The molecule has 0 aromatic heterocycles. The van der Waals surface area contributed by atoms with Crippen molar-refractivity contribution in [3.63, 3.8) is 0 Å². The smallest absolute Gasteiger partial charge is 0.306 e. The van der Waals surface area contributed by atoms with Crippen molar-refractivity contribution in [3.05, 3.63) is 29.8 Å².